The first-order valence-corrected chi connectivity index (χ1v) is 7.59. The maximum Gasteiger partial charge on any atom is 0.326 e. The summed E-state index contributed by atoms with van der Waals surface area (Å²) in [7, 11) is -3.87. The highest BCUT2D eigenvalue weighted by atomic mass is 32.2. The van der Waals surface area contributed by atoms with Crippen LogP contribution in [0.1, 0.15) is 27.2 Å². The number of allylic oxidation sites excluding steroid dienone is 1. The Morgan fingerprint density at radius 3 is 2.53 bits per heavy atom. The number of esters is 1. The van der Waals surface area contributed by atoms with Crippen molar-refractivity contribution in [1.82, 2.24) is 4.31 Å². The number of carbonyl (C=O) groups excluding carboxylic acids is 2. The van der Waals surface area contributed by atoms with E-state index < -0.39 is 21.2 Å². The van der Waals surface area contributed by atoms with Crippen LogP contribution in [0.15, 0.2) is 12.2 Å². The molecule has 6 nitrogen and oxygen atoms in total. The number of rotatable bonds is 4. The molecule has 0 bridgehead atoms. The van der Waals surface area contributed by atoms with Crippen molar-refractivity contribution in [3.8, 4) is 0 Å². The van der Waals surface area contributed by atoms with E-state index in [0.717, 1.165) is 4.31 Å². The molecule has 0 saturated carbocycles. The average Bonchev–Trinajstić information content (AvgIpc) is 2.37. The van der Waals surface area contributed by atoms with E-state index in [1.165, 1.54) is 6.92 Å². The lowest BCUT2D eigenvalue weighted by Gasteiger charge is -2.23. The number of hydrogen-bond acceptors (Lipinski definition) is 5. The molecule has 0 aromatic heterocycles. The molecule has 1 atom stereocenters. The number of Topliss-reactive ketones (excluding diaryl/α,β-unsaturated/α-hetero) is 1. The predicted octanol–water partition coefficient (Wildman–Crippen LogP) is 0.487. The molecule has 0 fully saturated rings. The Balaban J connectivity index is 3.00. The monoisotopic (exact) mass is 289 g/mol. The standard InChI is InChI=1S/C12H19NO5S/c1-9(2)18-12(15)11-6-4-5-7-13(8-10(3)14)19(11,16)17/h4-5,9,11H,6-8H2,1-3H3/t11-/m1/s1. The summed E-state index contributed by atoms with van der Waals surface area (Å²) in [5.74, 6) is -1.04. The predicted molar refractivity (Wildman–Crippen MR) is 69.9 cm³/mol. The molecule has 1 aliphatic heterocycles. The van der Waals surface area contributed by atoms with Crippen molar-refractivity contribution in [1.29, 1.82) is 0 Å². The van der Waals surface area contributed by atoms with Gasteiger partial charge in [0.25, 0.3) is 0 Å². The summed E-state index contributed by atoms with van der Waals surface area (Å²) in [5.41, 5.74) is 0. The van der Waals surface area contributed by atoms with Crippen LogP contribution in [-0.4, -0.2) is 48.9 Å². The number of hydrogen-bond donors (Lipinski definition) is 0. The highest BCUT2D eigenvalue weighted by Gasteiger charge is 2.39. The van der Waals surface area contributed by atoms with Gasteiger partial charge in [-0.05, 0) is 27.2 Å². The lowest BCUT2D eigenvalue weighted by atomic mass is 10.3. The molecule has 0 N–H and O–H groups in total. The van der Waals surface area contributed by atoms with Crippen LogP contribution in [0.25, 0.3) is 0 Å². The molecule has 0 unspecified atom stereocenters. The van der Waals surface area contributed by atoms with E-state index in [2.05, 4.69) is 0 Å². The minimum Gasteiger partial charge on any atom is -0.462 e. The Labute approximate surface area is 113 Å². The first kappa shape index (κ1) is 15.8. The average molecular weight is 289 g/mol. The summed E-state index contributed by atoms with van der Waals surface area (Å²) in [5, 5.41) is -1.27. The fourth-order valence-corrected chi connectivity index (χ4v) is 3.41. The van der Waals surface area contributed by atoms with Crippen molar-refractivity contribution in [2.45, 2.75) is 38.5 Å². The van der Waals surface area contributed by atoms with Crippen LogP contribution in [0, 0.1) is 0 Å². The van der Waals surface area contributed by atoms with Crippen molar-refractivity contribution in [3.05, 3.63) is 12.2 Å². The van der Waals surface area contributed by atoms with Crippen LogP contribution < -0.4 is 0 Å². The summed E-state index contributed by atoms with van der Waals surface area (Å²) in [4.78, 5) is 23.0. The molecule has 0 radical (unpaired) electrons. The van der Waals surface area contributed by atoms with Crippen LogP contribution in [0.4, 0.5) is 0 Å². The molecule has 0 aromatic rings. The SMILES string of the molecule is CC(=O)CN1CC=CC[C@H](C(=O)OC(C)C)S1(=O)=O. The zero-order valence-electron chi connectivity index (χ0n) is 11.3. The third-order valence-electron chi connectivity index (χ3n) is 2.56. The normalized spacial score (nSPS) is 23.1. The smallest absolute Gasteiger partial charge is 0.326 e. The number of nitrogens with zero attached hydrogens (tertiary/aromatic N) is 1. The largest absolute Gasteiger partial charge is 0.462 e. The van der Waals surface area contributed by atoms with Gasteiger partial charge in [-0.15, -0.1) is 0 Å². The molecule has 0 aliphatic carbocycles. The summed E-state index contributed by atoms with van der Waals surface area (Å²) >= 11 is 0. The highest BCUT2D eigenvalue weighted by Crippen LogP contribution is 2.19. The van der Waals surface area contributed by atoms with Gasteiger partial charge in [0.05, 0.1) is 12.6 Å². The summed E-state index contributed by atoms with van der Waals surface area (Å²) in [6.45, 7) is 4.51. The fraction of sp³-hybridized carbons (Fsp3) is 0.667. The molecule has 1 heterocycles. The molecule has 7 heteroatoms. The van der Waals surface area contributed by atoms with Gasteiger partial charge >= 0.3 is 5.97 Å². The maximum atomic E-state index is 12.3. The third kappa shape index (κ3) is 4.14. The van der Waals surface area contributed by atoms with Crippen molar-refractivity contribution < 1.29 is 22.7 Å². The van der Waals surface area contributed by atoms with Crippen LogP contribution in [0.5, 0.6) is 0 Å². The fourth-order valence-electron chi connectivity index (χ4n) is 1.75. The van der Waals surface area contributed by atoms with Gasteiger partial charge in [0.2, 0.25) is 10.0 Å². The molecule has 0 aromatic carbocycles. The quantitative estimate of drug-likeness (QED) is 0.555. The van der Waals surface area contributed by atoms with E-state index in [1.54, 1.807) is 26.0 Å². The van der Waals surface area contributed by atoms with Gasteiger partial charge in [-0.2, -0.15) is 4.31 Å². The van der Waals surface area contributed by atoms with E-state index in [-0.39, 0.29) is 31.4 Å². The van der Waals surface area contributed by atoms with Gasteiger partial charge < -0.3 is 4.74 Å². The Morgan fingerprint density at radius 1 is 1.37 bits per heavy atom. The Bertz CT molecular complexity index is 480. The van der Waals surface area contributed by atoms with Gasteiger partial charge in [0.1, 0.15) is 5.78 Å². The number of carbonyl (C=O) groups is 2. The van der Waals surface area contributed by atoms with Gasteiger partial charge in [-0.3, -0.25) is 9.59 Å². The Morgan fingerprint density at radius 2 is 2.00 bits per heavy atom. The molecule has 0 amide bonds. The van der Waals surface area contributed by atoms with Crippen molar-refractivity contribution in [2.75, 3.05) is 13.1 Å². The second-order valence-electron chi connectivity index (χ2n) is 4.72. The van der Waals surface area contributed by atoms with Crippen molar-refractivity contribution in [3.63, 3.8) is 0 Å². The summed E-state index contributed by atoms with van der Waals surface area (Å²) in [6, 6.07) is 0. The summed E-state index contributed by atoms with van der Waals surface area (Å²) < 4.78 is 30.6. The van der Waals surface area contributed by atoms with Crippen LogP contribution >= 0.6 is 0 Å². The zero-order chi connectivity index (χ0) is 14.6. The van der Waals surface area contributed by atoms with Crippen molar-refractivity contribution >= 4 is 21.8 Å². The topological polar surface area (TPSA) is 80.8 Å². The third-order valence-corrected chi connectivity index (χ3v) is 4.66. The van der Waals surface area contributed by atoms with E-state index in [0.29, 0.717) is 0 Å². The highest BCUT2D eigenvalue weighted by molar-refractivity contribution is 7.90. The maximum absolute atomic E-state index is 12.3. The van der Waals surface area contributed by atoms with Crippen LogP contribution in [0.3, 0.4) is 0 Å². The second kappa shape index (κ2) is 6.29. The number of sulfonamides is 1. The molecule has 0 spiro atoms. The zero-order valence-corrected chi connectivity index (χ0v) is 12.1. The Kier molecular flexibility index (Phi) is 5.25. The second-order valence-corrected chi connectivity index (χ2v) is 6.84. The molecular formula is C12H19NO5S. The molecular weight excluding hydrogens is 270 g/mol. The first-order chi connectivity index (χ1) is 8.75. The van der Waals surface area contributed by atoms with E-state index in [1.807, 2.05) is 0 Å². The lowest BCUT2D eigenvalue weighted by Crippen LogP contribution is -2.44. The van der Waals surface area contributed by atoms with E-state index >= 15 is 0 Å². The van der Waals surface area contributed by atoms with Gasteiger partial charge in [-0.1, -0.05) is 12.2 Å². The van der Waals surface area contributed by atoms with E-state index in [9.17, 15) is 18.0 Å². The molecule has 1 aliphatic rings. The van der Waals surface area contributed by atoms with Crippen molar-refractivity contribution in [2.24, 2.45) is 0 Å². The minimum absolute atomic E-state index is 0.0717. The van der Waals surface area contributed by atoms with Crippen LogP contribution in [0.2, 0.25) is 0 Å². The molecule has 108 valence electrons. The number of ether oxygens (including phenoxy) is 1. The van der Waals surface area contributed by atoms with Gasteiger partial charge in [-0.25, -0.2) is 8.42 Å². The lowest BCUT2D eigenvalue weighted by molar-refractivity contribution is -0.146. The summed E-state index contributed by atoms with van der Waals surface area (Å²) in [6.07, 6.45) is 2.96. The van der Waals surface area contributed by atoms with Gasteiger partial charge in [0, 0.05) is 6.54 Å². The molecule has 19 heavy (non-hydrogen) atoms. The first-order valence-electron chi connectivity index (χ1n) is 6.09. The molecule has 1 rings (SSSR count). The Hall–Kier alpha value is -1.21. The van der Waals surface area contributed by atoms with E-state index in [4.69, 9.17) is 4.74 Å². The number of ketones is 1. The van der Waals surface area contributed by atoms with Crippen LogP contribution in [-0.2, 0) is 24.3 Å². The van der Waals surface area contributed by atoms with Gasteiger partial charge in [0.15, 0.2) is 5.25 Å². The minimum atomic E-state index is -3.87. The molecule has 0 saturated heterocycles.